The van der Waals surface area contributed by atoms with Gasteiger partial charge in [0.05, 0.1) is 9.82 Å². The molecule has 1 atom stereocenters. The Morgan fingerprint density at radius 2 is 2.00 bits per heavy atom. The van der Waals surface area contributed by atoms with Crippen molar-refractivity contribution < 1.29 is 13.3 Å². The molecule has 0 radical (unpaired) electrons. The van der Waals surface area contributed by atoms with Gasteiger partial charge < -0.3 is 5.32 Å². The smallest absolute Gasteiger partial charge is 0.273 e. The van der Waals surface area contributed by atoms with Gasteiger partial charge in [-0.1, -0.05) is 19.4 Å². The first-order valence-corrected chi connectivity index (χ1v) is 8.22. The highest BCUT2D eigenvalue weighted by Crippen LogP contribution is 2.24. The number of nitro groups is 1. The molecule has 1 aromatic rings. The van der Waals surface area contributed by atoms with Gasteiger partial charge in [-0.2, -0.15) is 0 Å². The molecular weight excluding hydrogens is 294 g/mol. The molecule has 0 heterocycles. The van der Waals surface area contributed by atoms with Gasteiger partial charge in [0.25, 0.3) is 5.69 Å². The number of hydrogen-bond acceptors (Lipinski definition) is 5. The number of nitro benzene ring substituents is 1. The van der Waals surface area contributed by atoms with Crippen LogP contribution in [0, 0.1) is 10.1 Å². The van der Waals surface area contributed by atoms with Crippen LogP contribution in [-0.4, -0.2) is 33.5 Å². The summed E-state index contributed by atoms with van der Waals surface area (Å²) in [5.41, 5.74) is 0.366. The fourth-order valence-electron chi connectivity index (χ4n) is 2.13. The maximum absolute atomic E-state index is 11.7. The zero-order chi connectivity index (χ0) is 16.0. The van der Waals surface area contributed by atoms with Gasteiger partial charge in [-0.3, -0.25) is 10.1 Å². The van der Waals surface area contributed by atoms with Crippen molar-refractivity contribution in [3.63, 3.8) is 0 Å². The largest absolute Gasteiger partial charge is 0.317 e. The molecule has 2 N–H and O–H groups in total. The summed E-state index contributed by atoms with van der Waals surface area (Å²) in [6.45, 7) is 2.04. The average Bonchev–Trinajstić information content (AvgIpc) is 2.46. The summed E-state index contributed by atoms with van der Waals surface area (Å²) in [6.07, 6.45) is 2.34. The molecule has 0 fully saturated rings. The standard InChI is InChI=1S/C13H21N3O4S/c1-4-5-11(14-2)8-10-6-7-12(21(19,20)15-3)9-13(10)16(17)18/h6-7,9,11,14-15H,4-5,8H2,1-3H3. The van der Waals surface area contributed by atoms with Gasteiger partial charge in [0, 0.05) is 17.7 Å². The van der Waals surface area contributed by atoms with Crippen molar-refractivity contribution in [2.45, 2.75) is 37.1 Å². The third kappa shape index (κ3) is 4.48. The zero-order valence-electron chi connectivity index (χ0n) is 12.4. The molecule has 7 nitrogen and oxygen atoms in total. The van der Waals surface area contributed by atoms with Gasteiger partial charge >= 0.3 is 0 Å². The van der Waals surface area contributed by atoms with E-state index in [4.69, 9.17) is 0 Å². The molecular formula is C13H21N3O4S. The lowest BCUT2D eigenvalue weighted by Crippen LogP contribution is -2.27. The Morgan fingerprint density at radius 3 is 2.48 bits per heavy atom. The normalized spacial score (nSPS) is 13.1. The number of likely N-dealkylation sites (N-methyl/N-ethyl adjacent to an activating group) is 1. The van der Waals surface area contributed by atoms with Crippen molar-refractivity contribution in [2.75, 3.05) is 14.1 Å². The van der Waals surface area contributed by atoms with Crippen LogP contribution < -0.4 is 10.0 Å². The number of rotatable bonds is 8. The highest BCUT2D eigenvalue weighted by atomic mass is 32.2. The van der Waals surface area contributed by atoms with Crippen LogP contribution in [0.2, 0.25) is 0 Å². The first-order valence-electron chi connectivity index (χ1n) is 6.73. The van der Waals surface area contributed by atoms with E-state index in [9.17, 15) is 18.5 Å². The molecule has 0 saturated heterocycles. The van der Waals surface area contributed by atoms with Crippen molar-refractivity contribution in [2.24, 2.45) is 0 Å². The lowest BCUT2D eigenvalue weighted by Gasteiger charge is -2.15. The molecule has 1 aromatic carbocycles. The second kappa shape index (κ2) is 7.48. The molecule has 0 aliphatic heterocycles. The van der Waals surface area contributed by atoms with Gasteiger partial charge in [0.1, 0.15) is 0 Å². The van der Waals surface area contributed by atoms with Gasteiger partial charge in [-0.15, -0.1) is 0 Å². The molecule has 21 heavy (non-hydrogen) atoms. The maximum Gasteiger partial charge on any atom is 0.273 e. The van der Waals surface area contributed by atoms with Crippen molar-refractivity contribution in [1.29, 1.82) is 0 Å². The van der Waals surface area contributed by atoms with Crippen LogP contribution in [-0.2, 0) is 16.4 Å². The zero-order valence-corrected chi connectivity index (χ0v) is 13.2. The predicted octanol–water partition coefficient (Wildman–Crippen LogP) is 1.43. The highest BCUT2D eigenvalue weighted by Gasteiger charge is 2.21. The number of hydrogen-bond donors (Lipinski definition) is 2. The summed E-state index contributed by atoms with van der Waals surface area (Å²) in [5, 5.41) is 14.3. The van der Waals surface area contributed by atoms with Crippen molar-refractivity contribution in [1.82, 2.24) is 10.0 Å². The Kier molecular flexibility index (Phi) is 6.25. The van der Waals surface area contributed by atoms with Crippen LogP contribution in [0.5, 0.6) is 0 Å². The molecule has 8 heteroatoms. The van der Waals surface area contributed by atoms with Crippen molar-refractivity contribution in [3.8, 4) is 0 Å². The van der Waals surface area contributed by atoms with E-state index in [1.165, 1.54) is 19.2 Å². The monoisotopic (exact) mass is 315 g/mol. The summed E-state index contributed by atoms with van der Waals surface area (Å²) >= 11 is 0. The Morgan fingerprint density at radius 1 is 1.33 bits per heavy atom. The molecule has 0 spiro atoms. The summed E-state index contributed by atoms with van der Waals surface area (Å²) in [6, 6.07) is 4.15. The lowest BCUT2D eigenvalue weighted by atomic mass is 10.0. The summed E-state index contributed by atoms with van der Waals surface area (Å²) in [4.78, 5) is 10.5. The SMILES string of the molecule is CCCC(Cc1ccc(S(=O)(=O)NC)cc1[N+](=O)[O-])NC. The topological polar surface area (TPSA) is 101 Å². The minimum absolute atomic E-state index is 0.100. The van der Waals surface area contributed by atoms with Crippen LogP contribution >= 0.6 is 0 Å². The number of sulfonamides is 1. The van der Waals surface area contributed by atoms with Crippen LogP contribution in [0.1, 0.15) is 25.3 Å². The minimum Gasteiger partial charge on any atom is -0.317 e. The maximum atomic E-state index is 11.7. The fraction of sp³-hybridized carbons (Fsp3) is 0.538. The summed E-state index contributed by atoms with van der Waals surface area (Å²) in [5.74, 6) is 0. The van der Waals surface area contributed by atoms with Crippen LogP contribution in [0.4, 0.5) is 5.69 Å². The van der Waals surface area contributed by atoms with Crippen molar-refractivity contribution >= 4 is 15.7 Å². The van der Waals surface area contributed by atoms with Crippen molar-refractivity contribution in [3.05, 3.63) is 33.9 Å². The second-order valence-electron chi connectivity index (χ2n) is 4.73. The first kappa shape index (κ1) is 17.5. The van der Waals surface area contributed by atoms with E-state index in [2.05, 4.69) is 10.0 Å². The number of nitrogens with zero attached hydrogens (tertiary/aromatic N) is 1. The molecule has 0 aliphatic rings. The Bertz CT molecular complexity index is 601. The molecule has 0 aromatic heterocycles. The third-order valence-electron chi connectivity index (χ3n) is 3.34. The number of nitrogens with one attached hydrogen (secondary N) is 2. The minimum atomic E-state index is -3.69. The highest BCUT2D eigenvalue weighted by molar-refractivity contribution is 7.89. The van der Waals surface area contributed by atoms with E-state index in [1.54, 1.807) is 0 Å². The van der Waals surface area contributed by atoms with Crippen LogP contribution in [0.15, 0.2) is 23.1 Å². The van der Waals surface area contributed by atoms with Gasteiger partial charge in [-0.25, -0.2) is 13.1 Å². The van der Waals surface area contributed by atoms with Gasteiger partial charge in [0.15, 0.2) is 0 Å². The Balaban J connectivity index is 3.20. The van der Waals surface area contributed by atoms with E-state index in [1.807, 2.05) is 14.0 Å². The van der Waals surface area contributed by atoms with E-state index < -0.39 is 14.9 Å². The van der Waals surface area contributed by atoms with Gasteiger partial charge in [0.2, 0.25) is 10.0 Å². The third-order valence-corrected chi connectivity index (χ3v) is 4.76. The fourth-order valence-corrected chi connectivity index (χ4v) is 2.88. The van der Waals surface area contributed by atoms with E-state index in [-0.39, 0.29) is 16.6 Å². The summed E-state index contributed by atoms with van der Waals surface area (Å²) in [7, 11) is -0.603. The molecule has 0 saturated carbocycles. The predicted molar refractivity (Wildman–Crippen MR) is 80.8 cm³/mol. The molecule has 118 valence electrons. The summed E-state index contributed by atoms with van der Waals surface area (Å²) < 4.78 is 25.6. The molecule has 1 unspecified atom stereocenters. The van der Waals surface area contributed by atoms with E-state index in [0.29, 0.717) is 12.0 Å². The average molecular weight is 315 g/mol. The molecule has 0 aliphatic carbocycles. The van der Waals surface area contributed by atoms with Crippen LogP contribution in [0.3, 0.4) is 0 Å². The molecule has 1 rings (SSSR count). The Hall–Kier alpha value is -1.51. The Labute approximate surface area is 124 Å². The quantitative estimate of drug-likeness (QED) is 0.558. The van der Waals surface area contributed by atoms with Crippen LogP contribution in [0.25, 0.3) is 0 Å². The molecule has 0 bridgehead atoms. The second-order valence-corrected chi connectivity index (χ2v) is 6.62. The van der Waals surface area contributed by atoms with E-state index in [0.717, 1.165) is 18.9 Å². The lowest BCUT2D eigenvalue weighted by molar-refractivity contribution is -0.385. The number of benzene rings is 1. The van der Waals surface area contributed by atoms with Gasteiger partial charge in [-0.05, 0) is 33.0 Å². The first-order chi connectivity index (χ1) is 9.85. The van der Waals surface area contributed by atoms with E-state index >= 15 is 0 Å². The molecule has 0 amide bonds.